The monoisotopic (exact) mass is 266 g/mol. The van der Waals surface area contributed by atoms with Crippen LogP contribution in [0.25, 0.3) is 0 Å². The molecule has 3 heteroatoms. The summed E-state index contributed by atoms with van der Waals surface area (Å²) in [7, 11) is 0. The molecule has 0 heterocycles. The molecule has 0 amide bonds. The third-order valence-corrected chi connectivity index (χ3v) is 3.42. The summed E-state index contributed by atoms with van der Waals surface area (Å²) in [6, 6.07) is 0. The average molecular weight is 266 g/mol. The lowest BCUT2D eigenvalue weighted by molar-refractivity contribution is 0.331. The van der Waals surface area contributed by atoms with Crippen LogP contribution in [0, 0.1) is 17.2 Å². The molecular formula is C8H15IN2. The SMILES string of the molecule is N=C(I)C1CCC(CN)CC1. The second kappa shape index (κ2) is 4.40. The van der Waals surface area contributed by atoms with Gasteiger partial charge in [0, 0.05) is 5.92 Å². The lowest BCUT2D eigenvalue weighted by Crippen LogP contribution is -2.23. The second-order valence-electron chi connectivity index (χ2n) is 3.30. The van der Waals surface area contributed by atoms with Crippen LogP contribution < -0.4 is 5.73 Å². The molecule has 0 radical (unpaired) electrons. The molecule has 0 aromatic rings. The maximum absolute atomic E-state index is 7.47. The van der Waals surface area contributed by atoms with Gasteiger partial charge in [0.05, 0.1) is 3.72 Å². The summed E-state index contributed by atoms with van der Waals surface area (Å²) in [4.78, 5) is 0. The first kappa shape index (κ1) is 9.45. The molecule has 0 unspecified atom stereocenters. The van der Waals surface area contributed by atoms with Crippen molar-refractivity contribution in [2.24, 2.45) is 17.6 Å². The van der Waals surface area contributed by atoms with Crippen molar-refractivity contribution in [3.8, 4) is 0 Å². The third-order valence-electron chi connectivity index (χ3n) is 2.54. The Labute approximate surface area is 81.6 Å². The highest BCUT2D eigenvalue weighted by Crippen LogP contribution is 2.29. The van der Waals surface area contributed by atoms with E-state index in [-0.39, 0.29) is 0 Å². The van der Waals surface area contributed by atoms with Crippen LogP contribution in [0.2, 0.25) is 0 Å². The van der Waals surface area contributed by atoms with E-state index in [1.807, 2.05) is 0 Å². The van der Waals surface area contributed by atoms with Gasteiger partial charge < -0.3 is 5.73 Å². The van der Waals surface area contributed by atoms with E-state index in [2.05, 4.69) is 22.6 Å². The van der Waals surface area contributed by atoms with Gasteiger partial charge in [0.2, 0.25) is 0 Å². The molecule has 0 spiro atoms. The summed E-state index contributed by atoms with van der Waals surface area (Å²) in [6.07, 6.45) is 4.83. The Bertz CT molecular complexity index is 139. The van der Waals surface area contributed by atoms with E-state index >= 15 is 0 Å². The fourth-order valence-electron chi connectivity index (χ4n) is 1.65. The van der Waals surface area contributed by atoms with Crippen molar-refractivity contribution in [1.29, 1.82) is 5.41 Å². The van der Waals surface area contributed by atoms with Crippen molar-refractivity contribution in [2.75, 3.05) is 6.54 Å². The predicted octanol–water partition coefficient (Wildman–Crippen LogP) is 2.16. The topological polar surface area (TPSA) is 49.9 Å². The molecule has 11 heavy (non-hydrogen) atoms. The van der Waals surface area contributed by atoms with Gasteiger partial charge in [-0.05, 0) is 60.7 Å². The van der Waals surface area contributed by atoms with Crippen molar-refractivity contribution in [1.82, 2.24) is 0 Å². The van der Waals surface area contributed by atoms with Gasteiger partial charge in [-0.1, -0.05) is 0 Å². The smallest absolute Gasteiger partial charge is 0.0725 e. The van der Waals surface area contributed by atoms with Crippen molar-refractivity contribution < 1.29 is 0 Å². The molecule has 1 fully saturated rings. The average Bonchev–Trinajstić information content (AvgIpc) is 2.05. The number of hydrogen-bond acceptors (Lipinski definition) is 2. The van der Waals surface area contributed by atoms with E-state index < -0.39 is 0 Å². The van der Waals surface area contributed by atoms with Gasteiger partial charge in [0.15, 0.2) is 0 Å². The van der Waals surface area contributed by atoms with Gasteiger partial charge in [-0.3, -0.25) is 5.41 Å². The minimum absolute atomic E-state index is 0.554. The van der Waals surface area contributed by atoms with Crippen molar-refractivity contribution in [3.63, 3.8) is 0 Å². The third kappa shape index (κ3) is 2.71. The van der Waals surface area contributed by atoms with Gasteiger partial charge in [0.1, 0.15) is 0 Å². The normalized spacial score (nSPS) is 31.8. The molecule has 1 saturated carbocycles. The number of rotatable bonds is 2. The van der Waals surface area contributed by atoms with Gasteiger partial charge in [-0.2, -0.15) is 0 Å². The predicted molar refractivity (Wildman–Crippen MR) is 56.2 cm³/mol. The molecule has 0 aromatic heterocycles. The number of hydrogen-bond donors (Lipinski definition) is 2. The standard InChI is InChI=1S/C8H15IN2/c9-8(11)7-3-1-6(5-10)2-4-7/h6-7,11H,1-5,10H2. The number of nitrogens with two attached hydrogens (primary N) is 1. The van der Waals surface area contributed by atoms with Crippen LogP contribution in [-0.2, 0) is 0 Å². The highest BCUT2D eigenvalue weighted by Gasteiger charge is 2.21. The summed E-state index contributed by atoms with van der Waals surface area (Å²) in [5.74, 6) is 1.29. The summed E-state index contributed by atoms with van der Waals surface area (Å²) in [6.45, 7) is 0.835. The lowest BCUT2D eigenvalue weighted by Gasteiger charge is -2.26. The highest BCUT2D eigenvalue weighted by atomic mass is 127. The van der Waals surface area contributed by atoms with Crippen LogP contribution in [0.5, 0.6) is 0 Å². The first-order valence-electron chi connectivity index (χ1n) is 4.18. The molecule has 3 N–H and O–H groups in total. The molecule has 1 aliphatic carbocycles. The van der Waals surface area contributed by atoms with Crippen molar-refractivity contribution in [2.45, 2.75) is 25.7 Å². The first-order valence-corrected chi connectivity index (χ1v) is 5.26. The van der Waals surface area contributed by atoms with E-state index in [1.54, 1.807) is 0 Å². The minimum Gasteiger partial charge on any atom is -0.330 e. The quantitative estimate of drug-likeness (QED) is 0.584. The van der Waals surface area contributed by atoms with Crippen LogP contribution in [-0.4, -0.2) is 10.3 Å². The largest absolute Gasteiger partial charge is 0.330 e. The van der Waals surface area contributed by atoms with Gasteiger partial charge in [-0.15, -0.1) is 0 Å². The Kier molecular flexibility index (Phi) is 3.78. The van der Waals surface area contributed by atoms with Crippen LogP contribution >= 0.6 is 22.6 Å². The minimum atomic E-state index is 0.554. The van der Waals surface area contributed by atoms with Crippen molar-refractivity contribution in [3.05, 3.63) is 0 Å². The summed E-state index contributed by atoms with van der Waals surface area (Å²) in [5, 5.41) is 7.47. The maximum atomic E-state index is 7.47. The van der Waals surface area contributed by atoms with E-state index in [1.165, 1.54) is 25.7 Å². The fourth-order valence-corrected chi connectivity index (χ4v) is 2.27. The molecular weight excluding hydrogens is 251 g/mol. The van der Waals surface area contributed by atoms with E-state index in [0.717, 1.165) is 16.2 Å². The maximum Gasteiger partial charge on any atom is 0.0725 e. The highest BCUT2D eigenvalue weighted by molar-refractivity contribution is 14.1. The van der Waals surface area contributed by atoms with Gasteiger partial charge in [0.25, 0.3) is 0 Å². The van der Waals surface area contributed by atoms with Crippen LogP contribution in [0.4, 0.5) is 0 Å². The van der Waals surface area contributed by atoms with Crippen LogP contribution in [0.15, 0.2) is 0 Å². The Morgan fingerprint density at radius 2 is 1.91 bits per heavy atom. The molecule has 2 nitrogen and oxygen atoms in total. The van der Waals surface area contributed by atoms with Gasteiger partial charge in [-0.25, -0.2) is 0 Å². The Morgan fingerprint density at radius 1 is 1.36 bits per heavy atom. The van der Waals surface area contributed by atoms with E-state index in [4.69, 9.17) is 11.1 Å². The number of nitrogens with one attached hydrogen (secondary N) is 1. The molecule has 0 aromatic carbocycles. The molecule has 1 aliphatic rings. The second-order valence-corrected chi connectivity index (χ2v) is 4.46. The van der Waals surface area contributed by atoms with E-state index in [0.29, 0.717) is 5.92 Å². The van der Waals surface area contributed by atoms with Gasteiger partial charge >= 0.3 is 0 Å². The molecule has 0 aliphatic heterocycles. The zero-order chi connectivity index (χ0) is 8.27. The first-order chi connectivity index (χ1) is 5.24. The number of halogens is 1. The summed E-state index contributed by atoms with van der Waals surface area (Å²) in [5.41, 5.74) is 5.57. The summed E-state index contributed by atoms with van der Waals surface area (Å²) >= 11 is 2.13. The van der Waals surface area contributed by atoms with Crippen molar-refractivity contribution >= 4 is 26.3 Å². The molecule has 64 valence electrons. The molecule has 0 saturated heterocycles. The summed E-state index contributed by atoms with van der Waals surface area (Å²) < 4.78 is 0.832. The molecule has 1 rings (SSSR count). The Hall–Kier alpha value is 0.360. The molecule has 0 bridgehead atoms. The van der Waals surface area contributed by atoms with Crippen LogP contribution in [0.3, 0.4) is 0 Å². The Morgan fingerprint density at radius 3 is 2.27 bits per heavy atom. The lowest BCUT2D eigenvalue weighted by atomic mass is 9.83. The Balaban J connectivity index is 2.30. The van der Waals surface area contributed by atoms with E-state index in [9.17, 15) is 0 Å². The van der Waals surface area contributed by atoms with Crippen LogP contribution in [0.1, 0.15) is 25.7 Å². The zero-order valence-electron chi connectivity index (χ0n) is 6.65. The fraction of sp³-hybridized carbons (Fsp3) is 0.875. The molecule has 0 atom stereocenters. The zero-order valence-corrected chi connectivity index (χ0v) is 8.80.